The highest BCUT2D eigenvalue weighted by atomic mass is 32.2. The van der Waals surface area contributed by atoms with Crippen molar-refractivity contribution in [3.63, 3.8) is 0 Å². The predicted octanol–water partition coefficient (Wildman–Crippen LogP) is 2.51. The van der Waals surface area contributed by atoms with E-state index in [1.165, 1.54) is 11.8 Å². The third-order valence-electron chi connectivity index (χ3n) is 3.44. The van der Waals surface area contributed by atoms with Crippen molar-refractivity contribution >= 4 is 17.7 Å². The molecule has 0 aromatic heterocycles. The number of amides is 1. The topological polar surface area (TPSA) is 71.3 Å². The summed E-state index contributed by atoms with van der Waals surface area (Å²) in [5.74, 6) is 1.87. The van der Waals surface area contributed by atoms with Crippen LogP contribution in [0.5, 0.6) is 11.5 Å². The van der Waals surface area contributed by atoms with Crippen molar-refractivity contribution < 1.29 is 14.3 Å². The van der Waals surface area contributed by atoms with Gasteiger partial charge in [-0.1, -0.05) is 13.0 Å². The van der Waals surface area contributed by atoms with E-state index in [0.717, 1.165) is 11.3 Å². The number of ether oxygens (including phenoxy) is 2. The first-order valence-electron chi connectivity index (χ1n) is 6.69. The molecule has 0 bridgehead atoms. The number of nitriles is 1. The van der Waals surface area contributed by atoms with Crippen LogP contribution in [0.15, 0.2) is 28.8 Å². The number of nitrogens with zero attached hydrogens (tertiary/aromatic N) is 1. The van der Waals surface area contributed by atoms with Gasteiger partial charge in [-0.05, 0) is 23.4 Å². The van der Waals surface area contributed by atoms with E-state index in [-0.39, 0.29) is 25.0 Å². The summed E-state index contributed by atoms with van der Waals surface area (Å²) >= 11 is 1.48. The maximum Gasteiger partial charge on any atom is 0.231 e. The second-order valence-electron chi connectivity index (χ2n) is 4.71. The molecule has 1 unspecified atom stereocenters. The van der Waals surface area contributed by atoms with E-state index in [2.05, 4.69) is 11.4 Å². The van der Waals surface area contributed by atoms with Gasteiger partial charge in [0.25, 0.3) is 0 Å². The Morgan fingerprint density at radius 3 is 3.00 bits per heavy atom. The first kappa shape index (κ1) is 13.8. The van der Waals surface area contributed by atoms with Crippen LogP contribution in [0.2, 0.25) is 0 Å². The molecule has 3 rings (SSSR count). The number of carbonyl (C=O) groups is 1. The van der Waals surface area contributed by atoms with Crippen LogP contribution in [0.4, 0.5) is 0 Å². The van der Waals surface area contributed by atoms with Crippen LogP contribution in [0.3, 0.4) is 0 Å². The SMILES string of the molecule is CCSC1=C(C#N)C(c2ccc3c(c2)OCO3)CC(=O)N1. The highest BCUT2D eigenvalue weighted by molar-refractivity contribution is 8.03. The highest BCUT2D eigenvalue weighted by Gasteiger charge is 2.30. The summed E-state index contributed by atoms with van der Waals surface area (Å²) in [5, 5.41) is 12.9. The van der Waals surface area contributed by atoms with E-state index in [9.17, 15) is 10.1 Å². The number of fused-ring (bicyclic) bond motifs is 1. The first-order valence-corrected chi connectivity index (χ1v) is 7.68. The lowest BCUT2D eigenvalue weighted by Gasteiger charge is -2.25. The van der Waals surface area contributed by atoms with Gasteiger partial charge in [0.05, 0.1) is 16.7 Å². The van der Waals surface area contributed by atoms with Gasteiger partial charge in [0.15, 0.2) is 11.5 Å². The second kappa shape index (κ2) is 5.70. The van der Waals surface area contributed by atoms with Crippen LogP contribution in [0.25, 0.3) is 0 Å². The van der Waals surface area contributed by atoms with Gasteiger partial charge < -0.3 is 14.8 Å². The molecule has 0 aliphatic carbocycles. The Morgan fingerprint density at radius 1 is 1.43 bits per heavy atom. The van der Waals surface area contributed by atoms with Crippen molar-refractivity contribution in [1.82, 2.24) is 5.32 Å². The number of thioether (sulfide) groups is 1. The summed E-state index contributed by atoms with van der Waals surface area (Å²) in [6.07, 6.45) is 0.274. The van der Waals surface area contributed by atoms with E-state index in [0.29, 0.717) is 22.1 Å². The quantitative estimate of drug-likeness (QED) is 0.929. The minimum absolute atomic E-state index is 0.0624. The fourth-order valence-electron chi connectivity index (χ4n) is 2.49. The highest BCUT2D eigenvalue weighted by Crippen LogP contribution is 2.40. The van der Waals surface area contributed by atoms with E-state index in [4.69, 9.17) is 9.47 Å². The fraction of sp³-hybridized carbons (Fsp3) is 0.333. The van der Waals surface area contributed by atoms with Crippen LogP contribution >= 0.6 is 11.8 Å². The summed E-state index contributed by atoms with van der Waals surface area (Å²) < 4.78 is 10.7. The molecule has 1 amide bonds. The van der Waals surface area contributed by atoms with Crippen LogP contribution in [0, 0.1) is 11.3 Å². The van der Waals surface area contributed by atoms with Gasteiger partial charge in [0.1, 0.15) is 0 Å². The average molecular weight is 302 g/mol. The molecule has 2 aliphatic heterocycles. The Hall–Kier alpha value is -2.13. The molecular weight excluding hydrogens is 288 g/mol. The van der Waals surface area contributed by atoms with Crippen LogP contribution in [-0.4, -0.2) is 18.5 Å². The molecule has 21 heavy (non-hydrogen) atoms. The van der Waals surface area contributed by atoms with Gasteiger partial charge in [0, 0.05) is 12.3 Å². The molecule has 1 N–H and O–H groups in total. The second-order valence-corrected chi connectivity index (χ2v) is 5.98. The lowest BCUT2D eigenvalue weighted by molar-refractivity contribution is -0.120. The maximum atomic E-state index is 11.9. The molecule has 0 saturated heterocycles. The van der Waals surface area contributed by atoms with Crippen LogP contribution in [-0.2, 0) is 4.79 Å². The van der Waals surface area contributed by atoms with Crippen molar-refractivity contribution in [2.45, 2.75) is 19.3 Å². The number of hydrogen-bond acceptors (Lipinski definition) is 5. The first-order chi connectivity index (χ1) is 10.2. The van der Waals surface area contributed by atoms with Crippen molar-refractivity contribution in [3.8, 4) is 17.6 Å². The van der Waals surface area contributed by atoms with Gasteiger partial charge in [-0.2, -0.15) is 5.26 Å². The third kappa shape index (κ3) is 2.57. The molecule has 5 nitrogen and oxygen atoms in total. The van der Waals surface area contributed by atoms with Gasteiger partial charge in [-0.3, -0.25) is 4.79 Å². The Bertz CT molecular complexity index is 663. The summed E-state index contributed by atoms with van der Waals surface area (Å²) in [6, 6.07) is 7.82. The lowest BCUT2D eigenvalue weighted by Crippen LogP contribution is -2.30. The number of allylic oxidation sites excluding steroid dienone is 1. The van der Waals surface area contributed by atoms with Crippen molar-refractivity contribution in [3.05, 3.63) is 34.4 Å². The van der Waals surface area contributed by atoms with Crippen molar-refractivity contribution in [2.75, 3.05) is 12.5 Å². The van der Waals surface area contributed by atoms with E-state index in [1.807, 2.05) is 25.1 Å². The predicted molar refractivity (Wildman–Crippen MR) is 78.8 cm³/mol. The Labute approximate surface area is 126 Å². The zero-order chi connectivity index (χ0) is 14.8. The zero-order valence-electron chi connectivity index (χ0n) is 11.5. The molecule has 108 valence electrons. The smallest absolute Gasteiger partial charge is 0.231 e. The molecule has 0 spiro atoms. The van der Waals surface area contributed by atoms with Crippen molar-refractivity contribution in [1.29, 1.82) is 5.26 Å². The minimum Gasteiger partial charge on any atom is -0.454 e. The number of rotatable bonds is 3. The normalized spacial score (nSPS) is 20.2. The molecule has 1 aromatic rings. The summed E-state index contributed by atoms with van der Waals surface area (Å²) in [7, 11) is 0. The van der Waals surface area contributed by atoms with Gasteiger partial charge in [0.2, 0.25) is 12.7 Å². The standard InChI is InChI=1S/C15H14N2O3S/c1-2-21-15-11(7-16)10(6-14(18)17-15)9-3-4-12-13(5-9)20-8-19-12/h3-5,10H,2,6,8H2,1H3,(H,17,18). The average Bonchev–Trinajstić information content (AvgIpc) is 2.94. The Balaban J connectivity index is 2.01. The largest absolute Gasteiger partial charge is 0.454 e. The maximum absolute atomic E-state index is 11.9. The van der Waals surface area contributed by atoms with Gasteiger partial charge in [-0.15, -0.1) is 11.8 Å². The molecule has 1 atom stereocenters. The molecule has 1 aromatic carbocycles. The van der Waals surface area contributed by atoms with Crippen LogP contribution in [0.1, 0.15) is 24.8 Å². The van der Waals surface area contributed by atoms with E-state index < -0.39 is 0 Å². The zero-order valence-corrected chi connectivity index (χ0v) is 12.3. The molecule has 0 radical (unpaired) electrons. The number of benzene rings is 1. The fourth-order valence-corrected chi connectivity index (χ4v) is 3.31. The summed E-state index contributed by atoms with van der Waals surface area (Å²) in [4.78, 5) is 11.9. The third-order valence-corrected chi connectivity index (χ3v) is 4.34. The Morgan fingerprint density at radius 2 is 2.24 bits per heavy atom. The van der Waals surface area contributed by atoms with Gasteiger partial charge in [-0.25, -0.2) is 0 Å². The van der Waals surface area contributed by atoms with E-state index >= 15 is 0 Å². The number of nitrogens with one attached hydrogen (secondary N) is 1. The molecule has 0 saturated carbocycles. The summed E-state index contributed by atoms with van der Waals surface area (Å²) in [6.45, 7) is 2.20. The monoisotopic (exact) mass is 302 g/mol. The van der Waals surface area contributed by atoms with Crippen molar-refractivity contribution in [2.24, 2.45) is 0 Å². The minimum atomic E-state index is -0.229. The molecular formula is C15H14N2O3S. The molecule has 0 fully saturated rings. The Kier molecular flexibility index (Phi) is 3.76. The molecule has 6 heteroatoms. The molecule has 2 aliphatic rings. The number of hydrogen-bond donors (Lipinski definition) is 1. The van der Waals surface area contributed by atoms with E-state index in [1.54, 1.807) is 0 Å². The lowest BCUT2D eigenvalue weighted by atomic mass is 9.87. The number of carbonyl (C=O) groups excluding carboxylic acids is 1. The molecule has 2 heterocycles. The van der Waals surface area contributed by atoms with Crippen LogP contribution < -0.4 is 14.8 Å². The van der Waals surface area contributed by atoms with Gasteiger partial charge >= 0.3 is 0 Å². The summed E-state index contributed by atoms with van der Waals surface area (Å²) in [5.41, 5.74) is 1.51.